The van der Waals surface area contributed by atoms with Gasteiger partial charge in [-0.2, -0.15) is 0 Å². The lowest BCUT2D eigenvalue weighted by molar-refractivity contribution is -0.291. The third-order valence-electron chi connectivity index (χ3n) is 11.4. The predicted octanol–water partition coefficient (Wildman–Crippen LogP) is 5.75. The van der Waals surface area contributed by atoms with Gasteiger partial charge in [0.15, 0.2) is 5.79 Å². The zero-order chi connectivity index (χ0) is 34.1. The molecule has 2 bridgehead atoms. The molecule has 2 fully saturated rings. The van der Waals surface area contributed by atoms with Crippen molar-refractivity contribution in [3.63, 3.8) is 0 Å². The van der Waals surface area contributed by atoms with Crippen molar-refractivity contribution in [2.24, 2.45) is 5.92 Å². The van der Waals surface area contributed by atoms with E-state index in [9.17, 15) is 13.2 Å². The lowest BCUT2D eigenvalue weighted by atomic mass is 9.70. The van der Waals surface area contributed by atoms with Crippen LogP contribution in [0.2, 0.25) is 5.02 Å². The van der Waals surface area contributed by atoms with Gasteiger partial charge in [0.2, 0.25) is 10.0 Å². The van der Waals surface area contributed by atoms with Crippen LogP contribution in [0, 0.1) is 5.92 Å². The number of carbonyl (C=O) groups is 1. The van der Waals surface area contributed by atoms with Crippen LogP contribution in [0.25, 0.3) is 0 Å². The number of hydrogen-bond acceptors (Lipinski definition) is 8. The number of nitrogens with one attached hydrogen (secondary N) is 1. The lowest BCUT2D eigenvalue weighted by Gasteiger charge is -2.57. The zero-order valence-electron chi connectivity index (χ0n) is 28.1. The molecule has 4 aliphatic heterocycles. The van der Waals surface area contributed by atoms with Crippen LogP contribution >= 0.6 is 11.6 Å². The first-order valence-electron chi connectivity index (χ1n) is 17.0. The van der Waals surface area contributed by atoms with Gasteiger partial charge < -0.3 is 19.1 Å². The maximum atomic E-state index is 16.7. The van der Waals surface area contributed by atoms with Gasteiger partial charge in [-0.1, -0.05) is 30.7 Å². The summed E-state index contributed by atoms with van der Waals surface area (Å²) in [5.41, 5.74) is 1.85. The third-order valence-corrected chi connectivity index (χ3v) is 13.5. The fourth-order valence-electron chi connectivity index (χ4n) is 8.07. The third kappa shape index (κ3) is 5.93. The molecule has 12 heteroatoms. The molecule has 0 unspecified atom stereocenters. The zero-order valence-corrected chi connectivity index (χ0v) is 29.6. The van der Waals surface area contributed by atoms with Gasteiger partial charge in [0, 0.05) is 41.7 Å². The molecule has 7 rings (SSSR count). The Hall–Kier alpha value is -2.70. The Kier molecular flexibility index (Phi) is 8.63. The van der Waals surface area contributed by atoms with Gasteiger partial charge in [-0.05, 0) is 100 Å². The molecule has 0 aromatic heterocycles. The van der Waals surface area contributed by atoms with Crippen LogP contribution in [-0.4, -0.2) is 81.3 Å². The van der Waals surface area contributed by atoms with Crippen molar-refractivity contribution in [3.8, 4) is 5.75 Å². The standard InChI is InChI=1S/C36H45ClFN3O6S/c1-23-7-12-32(38)36(21-46-34(3,4)47-22-36)41-15-13-28(41)18-40-19-35(14-5-6-25-16-27(37)9-10-29(25)35)20-45-31-11-8-26(17-30(31)40)33(42)39-48(43,44)24(23)2/h8-12,16-17,23-24,28H,5-7,13-15,18-22H2,1-4H3,(H,39,42)/b32-12-/t23-,24+,28-,35-/m0/s1. The number of allylic oxidation sites excluding steroid dienone is 1. The number of nitrogens with zero attached hydrogens (tertiary/aromatic N) is 2. The van der Waals surface area contributed by atoms with Crippen molar-refractivity contribution < 1.29 is 31.8 Å². The summed E-state index contributed by atoms with van der Waals surface area (Å²) < 4.78 is 64.6. The van der Waals surface area contributed by atoms with Crippen LogP contribution in [0.5, 0.6) is 5.75 Å². The molecule has 260 valence electrons. The Balaban J connectivity index is 1.34. The number of sulfonamides is 1. The molecule has 1 amide bonds. The summed E-state index contributed by atoms with van der Waals surface area (Å²) in [6.07, 6.45) is 5.31. The second-order valence-electron chi connectivity index (χ2n) is 14.9. The van der Waals surface area contributed by atoms with Gasteiger partial charge in [0.05, 0.1) is 30.8 Å². The van der Waals surface area contributed by atoms with E-state index in [2.05, 4.69) is 20.6 Å². The molecule has 2 saturated heterocycles. The Morgan fingerprint density at radius 2 is 1.83 bits per heavy atom. The van der Waals surface area contributed by atoms with E-state index in [0.29, 0.717) is 42.7 Å². The molecular formula is C36H45ClFN3O6S. The van der Waals surface area contributed by atoms with E-state index in [0.717, 1.165) is 25.7 Å². The van der Waals surface area contributed by atoms with Crippen LogP contribution in [-0.2, 0) is 31.3 Å². The number of benzene rings is 2. The Morgan fingerprint density at radius 3 is 2.56 bits per heavy atom. The first-order chi connectivity index (χ1) is 22.7. The summed E-state index contributed by atoms with van der Waals surface area (Å²) in [5.74, 6) is -1.79. The van der Waals surface area contributed by atoms with Gasteiger partial charge in [0.1, 0.15) is 17.1 Å². The number of hydrogen-bond donors (Lipinski definition) is 1. The first-order valence-corrected chi connectivity index (χ1v) is 18.9. The number of amides is 1. The molecule has 5 aliphatic rings. The molecule has 0 saturated carbocycles. The van der Waals surface area contributed by atoms with Crippen LogP contribution in [0.1, 0.15) is 74.9 Å². The van der Waals surface area contributed by atoms with E-state index in [4.69, 9.17) is 25.8 Å². The Morgan fingerprint density at radius 1 is 1.06 bits per heavy atom. The molecule has 1 aliphatic carbocycles. The fourth-order valence-corrected chi connectivity index (χ4v) is 9.55. The number of anilines is 1. The van der Waals surface area contributed by atoms with Gasteiger partial charge in [-0.15, -0.1) is 0 Å². The normalized spacial score (nSPS) is 32.5. The summed E-state index contributed by atoms with van der Waals surface area (Å²) in [5, 5.41) is -0.252. The molecule has 0 radical (unpaired) electrons. The van der Waals surface area contributed by atoms with Gasteiger partial charge in [-0.25, -0.2) is 17.5 Å². The van der Waals surface area contributed by atoms with E-state index >= 15 is 4.39 Å². The van der Waals surface area contributed by atoms with Crippen molar-refractivity contribution >= 4 is 33.2 Å². The molecule has 4 atom stereocenters. The summed E-state index contributed by atoms with van der Waals surface area (Å²) in [4.78, 5) is 17.9. The second-order valence-corrected chi connectivity index (χ2v) is 17.4. The number of fused-ring (bicyclic) bond motifs is 5. The molecular weight excluding hydrogens is 657 g/mol. The van der Waals surface area contributed by atoms with Crippen LogP contribution < -0.4 is 14.4 Å². The molecule has 48 heavy (non-hydrogen) atoms. The number of halogens is 2. The number of carbonyl (C=O) groups excluding carboxylic acids is 1. The highest BCUT2D eigenvalue weighted by Gasteiger charge is 2.54. The largest absolute Gasteiger partial charge is 0.490 e. The SMILES string of the molecule is C[C@@H]1[C@@H](C)C/C=C(\F)C2(COC(C)(C)OC2)N2CC[C@H]2CN2C[C@@]3(CCCc4cc(Cl)ccc43)COc3ccc(cc32)C(=O)NS1(=O)=O. The highest BCUT2D eigenvalue weighted by atomic mass is 35.5. The van der Waals surface area contributed by atoms with Crippen molar-refractivity contribution in [1.82, 2.24) is 9.62 Å². The van der Waals surface area contributed by atoms with Crippen molar-refractivity contribution in [1.29, 1.82) is 0 Å². The van der Waals surface area contributed by atoms with Crippen LogP contribution in [0.15, 0.2) is 48.3 Å². The summed E-state index contributed by atoms with van der Waals surface area (Å²) in [6, 6.07) is 11.2. The second kappa shape index (κ2) is 12.3. The summed E-state index contributed by atoms with van der Waals surface area (Å²) in [6.45, 7) is 9.41. The topological polar surface area (TPSA) is 97.4 Å². The highest BCUT2D eigenvalue weighted by molar-refractivity contribution is 7.90. The van der Waals surface area contributed by atoms with E-state index in [1.54, 1.807) is 32.0 Å². The van der Waals surface area contributed by atoms with Crippen molar-refractivity contribution in [2.45, 2.75) is 87.8 Å². The quantitative estimate of drug-likeness (QED) is 0.371. The Labute approximate surface area is 287 Å². The minimum atomic E-state index is -4.08. The number of aryl methyl sites for hydroxylation is 1. The average molecular weight is 702 g/mol. The van der Waals surface area contributed by atoms with E-state index in [1.165, 1.54) is 17.2 Å². The van der Waals surface area contributed by atoms with Crippen molar-refractivity contribution in [3.05, 3.63) is 70.0 Å². The van der Waals surface area contributed by atoms with Gasteiger partial charge in [0.25, 0.3) is 5.91 Å². The molecule has 2 aromatic carbocycles. The Bertz CT molecular complexity index is 1740. The number of rotatable bonds is 0. The van der Waals surface area contributed by atoms with Crippen molar-refractivity contribution in [2.75, 3.05) is 44.4 Å². The predicted molar refractivity (Wildman–Crippen MR) is 183 cm³/mol. The van der Waals surface area contributed by atoms with E-state index in [1.807, 2.05) is 26.0 Å². The molecule has 2 spiro atoms. The van der Waals surface area contributed by atoms with Gasteiger partial charge >= 0.3 is 0 Å². The molecule has 1 N–H and O–H groups in total. The average Bonchev–Trinajstić information content (AvgIpc) is 3.18. The van der Waals surface area contributed by atoms with E-state index in [-0.39, 0.29) is 42.5 Å². The maximum absolute atomic E-state index is 16.7. The van der Waals surface area contributed by atoms with Gasteiger partial charge in [-0.3, -0.25) is 9.69 Å². The fraction of sp³-hybridized carbons (Fsp3) is 0.583. The maximum Gasteiger partial charge on any atom is 0.264 e. The lowest BCUT2D eigenvalue weighted by Crippen LogP contribution is -2.70. The summed E-state index contributed by atoms with van der Waals surface area (Å²) in [7, 11) is -4.08. The highest BCUT2D eigenvalue weighted by Crippen LogP contribution is 2.46. The van der Waals surface area contributed by atoms with E-state index < -0.39 is 38.4 Å². The minimum Gasteiger partial charge on any atom is -0.490 e. The first kappa shape index (κ1) is 33.8. The minimum absolute atomic E-state index is 0.0454. The summed E-state index contributed by atoms with van der Waals surface area (Å²) >= 11 is 6.43. The van der Waals surface area contributed by atoms with Crippen LogP contribution in [0.4, 0.5) is 10.1 Å². The smallest absolute Gasteiger partial charge is 0.264 e. The molecule has 9 nitrogen and oxygen atoms in total. The molecule has 4 heterocycles. The molecule has 2 aromatic rings. The number of ether oxygens (including phenoxy) is 3. The van der Waals surface area contributed by atoms with Crippen LogP contribution in [0.3, 0.4) is 0 Å². The monoisotopic (exact) mass is 701 g/mol.